The van der Waals surface area contributed by atoms with Gasteiger partial charge in [0.15, 0.2) is 0 Å². The molecule has 0 saturated carbocycles. The largest absolute Gasteiger partial charge is 0.496 e. The van der Waals surface area contributed by atoms with Crippen LogP contribution >= 0.6 is 11.6 Å². The molecule has 210 valence electrons. The minimum Gasteiger partial charge on any atom is -0.496 e. The number of nitrogens with one attached hydrogen (secondary N) is 2. The van der Waals surface area contributed by atoms with Crippen molar-refractivity contribution in [1.29, 1.82) is 0 Å². The number of carbonyl (C=O) groups is 1. The number of halogens is 2. The number of rotatable bonds is 9. The average molecular weight is 575 g/mol. The number of anilines is 2. The zero-order valence-electron chi connectivity index (χ0n) is 22.5. The predicted octanol–water partition coefficient (Wildman–Crippen LogP) is 5.13. The monoisotopic (exact) mass is 574 g/mol. The summed E-state index contributed by atoms with van der Waals surface area (Å²) in [6.07, 6.45) is 2.36. The lowest BCUT2D eigenvalue weighted by atomic mass is 9.94. The van der Waals surface area contributed by atoms with Gasteiger partial charge in [-0.3, -0.25) is 9.79 Å². The van der Waals surface area contributed by atoms with Crippen LogP contribution in [0, 0.1) is 5.82 Å². The van der Waals surface area contributed by atoms with Crippen molar-refractivity contribution < 1.29 is 18.7 Å². The van der Waals surface area contributed by atoms with Gasteiger partial charge in [-0.25, -0.2) is 14.4 Å². The molecule has 0 unspecified atom stereocenters. The molecule has 0 radical (unpaired) electrons. The second-order valence-electron chi connectivity index (χ2n) is 9.18. The van der Waals surface area contributed by atoms with E-state index in [1.54, 1.807) is 48.7 Å². The molecule has 5 rings (SSSR count). The third kappa shape index (κ3) is 5.84. The van der Waals surface area contributed by atoms with Gasteiger partial charge in [0.2, 0.25) is 5.95 Å². The summed E-state index contributed by atoms with van der Waals surface area (Å²) in [5.74, 6) is 0.365. The molecular weight excluding hydrogens is 547 g/mol. The number of nitrogens with two attached hydrogens (primary N) is 1. The number of aromatic nitrogens is 2. The fourth-order valence-corrected chi connectivity index (χ4v) is 4.76. The van der Waals surface area contributed by atoms with E-state index in [0.29, 0.717) is 70.2 Å². The van der Waals surface area contributed by atoms with Crippen LogP contribution in [0.4, 0.5) is 16.0 Å². The standard InChI is InChI=1S/C30H28ClFN6O3/c1-40-24-6-3-5-23(32)26(24)28-22-13-18(31)7-9-20(22)27-17(15-35-28)16-36-30(38-27)37-19-8-10-21(25(14-19)41-2)29(39)34-12-4-11-33/h3,5-10,13-14,16H,4,11-12,15,33H2,1-2H3,(H,34,39)(H,36,37,38). The van der Waals surface area contributed by atoms with Crippen molar-refractivity contribution in [3.05, 3.63) is 93.9 Å². The van der Waals surface area contributed by atoms with Gasteiger partial charge in [-0.05, 0) is 49.4 Å². The molecule has 11 heteroatoms. The van der Waals surface area contributed by atoms with E-state index in [4.69, 9.17) is 36.8 Å². The van der Waals surface area contributed by atoms with Crippen molar-refractivity contribution in [2.45, 2.75) is 13.0 Å². The second-order valence-corrected chi connectivity index (χ2v) is 9.61. The zero-order chi connectivity index (χ0) is 28.9. The maximum absolute atomic E-state index is 15.1. The predicted molar refractivity (Wildman–Crippen MR) is 157 cm³/mol. The average Bonchev–Trinajstić information content (AvgIpc) is 3.13. The molecule has 1 amide bonds. The maximum atomic E-state index is 15.1. The van der Waals surface area contributed by atoms with Crippen molar-refractivity contribution in [3.63, 3.8) is 0 Å². The number of ether oxygens (including phenoxy) is 2. The SMILES string of the molecule is COc1cc(Nc2ncc3c(n2)-c2ccc(Cl)cc2C(c2c(F)cccc2OC)=NC3)ccc1C(=O)NCCCN. The number of benzene rings is 3. The molecule has 0 spiro atoms. The number of hydrogen-bond acceptors (Lipinski definition) is 8. The summed E-state index contributed by atoms with van der Waals surface area (Å²) in [7, 11) is 2.99. The number of methoxy groups -OCH3 is 2. The van der Waals surface area contributed by atoms with Crippen LogP contribution in [0.3, 0.4) is 0 Å². The van der Waals surface area contributed by atoms with E-state index >= 15 is 4.39 Å². The van der Waals surface area contributed by atoms with E-state index in [1.807, 2.05) is 6.07 Å². The van der Waals surface area contributed by atoms with Gasteiger partial charge < -0.3 is 25.8 Å². The van der Waals surface area contributed by atoms with Gasteiger partial charge >= 0.3 is 0 Å². The van der Waals surface area contributed by atoms with Crippen molar-refractivity contribution in [2.75, 3.05) is 32.6 Å². The molecule has 1 aliphatic heterocycles. The summed E-state index contributed by atoms with van der Waals surface area (Å²) in [5.41, 5.74) is 9.92. The van der Waals surface area contributed by atoms with Crippen LogP contribution in [0.2, 0.25) is 5.02 Å². The molecule has 4 N–H and O–H groups in total. The normalized spacial score (nSPS) is 12.0. The Hall–Kier alpha value is -4.54. The van der Waals surface area contributed by atoms with Crippen LogP contribution < -0.4 is 25.8 Å². The van der Waals surface area contributed by atoms with Crippen LogP contribution in [-0.2, 0) is 6.54 Å². The van der Waals surface area contributed by atoms with Gasteiger partial charge in [-0.2, -0.15) is 0 Å². The molecule has 0 fully saturated rings. The van der Waals surface area contributed by atoms with Gasteiger partial charge in [0.05, 0.1) is 43.3 Å². The number of aliphatic imine (C=N–C) groups is 1. The Morgan fingerprint density at radius 1 is 1.07 bits per heavy atom. The summed E-state index contributed by atoms with van der Waals surface area (Å²) in [6.45, 7) is 1.18. The third-order valence-corrected chi connectivity index (χ3v) is 6.80. The van der Waals surface area contributed by atoms with Gasteiger partial charge in [-0.1, -0.05) is 23.7 Å². The molecule has 0 saturated heterocycles. The number of carbonyl (C=O) groups excluding carboxylic acids is 1. The Kier molecular flexibility index (Phi) is 8.42. The topological polar surface area (TPSA) is 124 Å². The molecule has 4 aromatic rings. The van der Waals surface area contributed by atoms with Crippen LogP contribution in [0.5, 0.6) is 11.5 Å². The van der Waals surface area contributed by atoms with Gasteiger partial charge in [0.1, 0.15) is 17.3 Å². The first-order valence-corrected chi connectivity index (χ1v) is 13.3. The number of nitrogens with zero attached hydrogens (tertiary/aromatic N) is 3. The van der Waals surface area contributed by atoms with E-state index in [1.165, 1.54) is 20.3 Å². The van der Waals surface area contributed by atoms with Crippen molar-refractivity contribution in [2.24, 2.45) is 10.7 Å². The second kappa shape index (κ2) is 12.3. The maximum Gasteiger partial charge on any atom is 0.255 e. The van der Waals surface area contributed by atoms with Crippen LogP contribution in [0.15, 0.2) is 65.8 Å². The van der Waals surface area contributed by atoms with E-state index < -0.39 is 5.82 Å². The van der Waals surface area contributed by atoms with Gasteiger partial charge in [-0.15, -0.1) is 0 Å². The molecule has 0 atom stereocenters. The first-order chi connectivity index (χ1) is 19.9. The van der Waals surface area contributed by atoms with Crippen molar-refractivity contribution >= 4 is 34.9 Å². The highest BCUT2D eigenvalue weighted by atomic mass is 35.5. The Morgan fingerprint density at radius 3 is 2.68 bits per heavy atom. The highest BCUT2D eigenvalue weighted by Crippen LogP contribution is 2.36. The fraction of sp³-hybridized carbons (Fsp3) is 0.200. The highest BCUT2D eigenvalue weighted by molar-refractivity contribution is 6.31. The zero-order valence-corrected chi connectivity index (χ0v) is 23.3. The molecule has 1 aromatic heterocycles. The number of hydrogen-bond donors (Lipinski definition) is 3. The molecule has 0 aliphatic carbocycles. The summed E-state index contributed by atoms with van der Waals surface area (Å²) < 4.78 is 26.1. The van der Waals surface area contributed by atoms with Crippen LogP contribution in [0.25, 0.3) is 11.3 Å². The quantitative estimate of drug-likeness (QED) is 0.237. The Bertz CT molecular complexity index is 1650. The van der Waals surface area contributed by atoms with E-state index in [2.05, 4.69) is 15.6 Å². The molecule has 41 heavy (non-hydrogen) atoms. The Balaban J connectivity index is 1.50. The summed E-state index contributed by atoms with van der Waals surface area (Å²) in [4.78, 5) is 26.6. The Morgan fingerprint density at radius 2 is 1.90 bits per heavy atom. The minimum atomic E-state index is -0.459. The Labute approximate surface area is 241 Å². The van der Waals surface area contributed by atoms with Crippen molar-refractivity contribution in [3.8, 4) is 22.8 Å². The fourth-order valence-electron chi connectivity index (χ4n) is 4.59. The first-order valence-electron chi connectivity index (χ1n) is 12.9. The van der Waals surface area contributed by atoms with Crippen LogP contribution in [0.1, 0.15) is 33.5 Å². The van der Waals surface area contributed by atoms with Crippen LogP contribution in [-0.4, -0.2) is 48.9 Å². The van der Waals surface area contributed by atoms with Gasteiger partial charge in [0, 0.05) is 46.2 Å². The lowest BCUT2D eigenvalue weighted by Crippen LogP contribution is -2.26. The van der Waals surface area contributed by atoms with E-state index in [-0.39, 0.29) is 18.0 Å². The molecule has 3 aromatic carbocycles. The summed E-state index contributed by atoms with van der Waals surface area (Å²) in [6, 6.07) is 15.1. The lowest BCUT2D eigenvalue weighted by molar-refractivity contribution is 0.0950. The van der Waals surface area contributed by atoms with Crippen molar-refractivity contribution in [1.82, 2.24) is 15.3 Å². The molecule has 1 aliphatic rings. The summed E-state index contributed by atoms with van der Waals surface area (Å²) >= 11 is 6.39. The number of amides is 1. The molecular formula is C30H28ClFN6O3. The minimum absolute atomic E-state index is 0.219. The highest BCUT2D eigenvalue weighted by Gasteiger charge is 2.25. The molecule has 9 nitrogen and oxygen atoms in total. The summed E-state index contributed by atoms with van der Waals surface area (Å²) in [5, 5.41) is 6.49. The smallest absolute Gasteiger partial charge is 0.255 e. The molecule has 0 bridgehead atoms. The third-order valence-electron chi connectivity index (χ3n) is 6.56. The lowest BCUT2D eigenvalue weighted by Gasteiger charge is -2.15. The van der Waals surface area contributed by atoms with Gasteiger partial charge in [0.25, 0.3) is 5.91 Å². The first kappa shape index (κ1) is 28.0. The molecule has 2 heterocycles. The van der Waals surface area contributed by atoms with E-state index in [9.17, 15) is 4.79 Å². The van der Waals surface area contributed by atoms with E-state index in [0.717, 1.165) is 11.1 Å². The number of fused-ring (bicyclic) bond motifs is 3.